The maximum absolute atomic E-state index is 12.8. The number of anilines is 1. The van der Waals surface area contributed by atoms with Crippen molar-refractivity contribution in [3.8, 4) is 0 Å². The molecular weight excluding hydrogens is 314 g/mol. The molecule has 5 heteroatoms. The van der Waals surface area contributed by atoms with Gasteiger partial charge in [0.15, 0.2) is 0 Å². The first-order valence-electron chi connectivity index (χ1n) is 8.58. The van der Waals surface area contributed by atoms with Crippen LogP contribution in [-0.2, 0) is 13.0 Å². The normalized spacial score (nSPS) is 16.6. The number of aliphatic hydroxyl groups is 1. The van der Waals surface area contributed by atoms with E-state index < -0.39 is 0 Å². The molecule has 0 aromatic heterocycles. The van der Waals surface area contributed by atoms with Crippen LogP contribution in [0.5, 0.6) is 0 Å². The first-order valence-corrected chi connectivity index (χ1v) is 8.58. The third-order valence-electron chi connectivity index (χ3n) is 4.52. The molecule has 1 atom stereocenters. The van der Waals surface area contributed by atoms with Crippen molar-refractivity contribution in [1.82, 2.24) is 9.80 Å². The maximum Gasteiger partial charge on any atom is 0.322 e. The van der Waals surface area contributed by atoms with E-state index in [4.69, 9.17) is 0 Å². The molecular formula is C20H25N3O2. The van der Waals surface area contributed by atoms with Crippen molar-refractivity contribution in [3.63, 3.8) is 0 Å². The zero-order chi connectivity index (χ0) is 17.8. The fourth-order valence-corrected chi connectivity index (χ4v) is 3.40. The quantitative estimate of drug-likeness (QED) is 0.900. The van der Waals surface area contributed by atoms with E-state index in [1.807, 2.05) is 56.6 Å². The van der Waals surface area contributed by atoms with Crippen molar-refractivity contribution in [3.05, 3.63) is 65.2 Å². The molecule has 0 saturated heterocycles. The average Bonchev–Trinajstić information content (AvgIpc) is 2.60. The summed E-state index contributed by atoms with van der Waals surface area (Å²) in [7, 11) is 4.03. The van der Waals surface area contributed by atoms with Crippen LogP contribution in [0.3, 0.4) is 0 Å². The molecule has 5 nitrogen and oxygen atoms in total. The zero-order valence-electron chi connectivity index (χ0n) is 14.8. The van der Waals surface area contributed by atoms with Crippen molar-refractivity contribution in [2.75, 3.05) is 32.6 Å². The van der Waals surface area contributed by atoms with Crippen LogP contribution in [0.1, 0.15) is 22.7 Å². The van der Waals surface area contributed by atoms with Gasteiger partial charge in [-0.25, -0.2) is 4.79 Å². The lowest BCUT2D eigenvalue weighted by atomic mass is 9.93. The summed E-state index contributed by atoms with van der Waals surface area (Å²) < 4.78 is 0. The molecule has 0 spiro atoms. The molecule has 132 valence electrons. The van der Waals surface area contributed by atoms with E-state index in [9.17, 15) is 9.90 Å². The Bertz CT molecular complexity index is 745. The lowest BCUT2D eigenvalue weighted by molar-refractivity contribution is 0.135. The van der Waals surface area contributed by atoms with E-state index in [1.165, 1.54) is 5.56 Å². The highest BCUT2D eigenvalue weighted by Gasteiger charge is 2.30. The number of fused-ring (bicyclic) bond motifs is 1. The van der Waals surface area contributed by atoms with Gasteiger partial charge in [0, 0.05) is 18.8 Å². The summed E-state index contributed by atoms with van der Waals surface area (Å²) in [5, 5.41) is 12.8. The van der Waals surface area contributed by atoms with Crippen LogP contribution in [0, 0.1) is 0 Å². The fraction of sp³-hybridized carbons (Fsp3) is 0.350. The molecule has 2 aromatic rings. The largest absolute Gasteiger partial charge is 0.394 e. The van der Waals surface area contributed by atoms with Gasteiger partial charge in [0.1, 0.15) is 0 Å². The summed E-state index contributed by atoms with van der Waals surface area (Å²) >= 11 is 0. The molecule has 0 fully saturated rings. The molecule has 2 N–H and O–H groups in total. The van der Waals surface area contributed by atoms with Crippen molar-refractivity contribution in [1.29, 1.82) is 0 Å². The van der Waals surface area contributed by atoms with Crippen molar-refractivity contribution >= 4 is 11.7 Å². The monoisotopic (exact) mass is 339 g/mol. The Labute approximate surface area is 148 Å². The Morgan fingerprint density at radius 1 is 1.24 bits per heavy atom. The highest BCUT2D eigenvalue weighted by molar-refractivity contribution is 5.90. The average molecular weight is 339 g/mol. The molecule has 0 aliphatic carbocycles. The smallest absolute Gasteiger partial charge is 0.322 e. The van der Waals surface area contributed by atoms with E-state index in [0.29, 0.717) is 6.54 Å². The van der Waals surface area contributed by atoms with Gasteiger partial charge in [-0.2, -0.15) is 0 Å². The third kappa shape index (κ3) is 4.00. The number of aliphatic hydroxyl groups excluding tert-OH is 1. The number of hydrogen-bond acceptors (Lipinski definition) is 3. The topological polar surface area (TPSA) is 55.8 Å². The second-order valence-corrected chi connectivity index (χ2v) is 6.71. The summed E-state index contributed by atoms with van der Waals surface area (Å²) in [5.74, 6) is 0. The lowest BCUT2D eigenvalue weighted by Crippen LogP contribution is -2.43. The van der Waals surface area contributed by atoms with Crippen LogP contribution in [0.15, 0.2) is 48.5 Å². The lowest BCUT2D eigenvalue weighted by Gasteiger charge is -2.36. The minimum atomic E-state index is -0.296. The van der Waals surface area contributed by atoms with E-state index >= 15 is 0 Å². The number of amides is 2. The Morgan fingerprint density at radius 3 is 2.80 bits per heavy atom. The summed E-state index contributed by atoms with van der Waals surface area (Å²) in [6.45, 7) is 1.34. The number of carbonyl (C=O) groups is 1. The fourth-order valence-electron chi connectivity index (χ4n) is 3.40. The standard InChI is InChI=1S/C20H25N3O2/c1-22(2)13-15-6-5-8-17(12-15)21-20(25)23-11-10-16-7-3-4-9-18(16)19(23)14-24/h3-9,12,19,24H,10-11,13-14H2,1-2H3,(H,21,25). The van der Waals surface area contributed by atoms with Crippen LogP contribution in [0.4, 0.5) is 10.5 Å². The molecule has 1 unspecified atom stereocenters. The van der Waals surface area contributed by atoms with E-state index in [2.05, 4.69) is 16.3 Å². The van der Waals surface area contributed by atoms with Crippen LogP contribution >= 0.6 is 0 Å². The zero-order valence-corrected chi connectivity index (χ0v) is 14.8. The number of hydrogen-bond donors (Lipinski definition) is 2. The number of carbonyl (C=O) groups excluding carboxylic acids is 1. The molecule has 2 amide bonds. The first kappa shape index (κ1) is 17.5. The van der Waals surface area contributed by atoms with E-state index in [1.54, 1.807) is 4.90 Å². The van der Waals surface area contributed by atoms with Crippen LogP contribution in [-0.4, -0.2) is 48.2 Å². The van der Waals surface area contributed by atoms with Gasteiger partial charge in [-0.1, -0.05) is 36.4 Å². The molecule has 1 heterocycles. The molecule has 3 rings (SSSR count). The highest BCUT2D eigenvalue weighted by atomic mass is 16.3. The minimum Gasteiger partial charge on any atom is -0.394 e. The second kappa shape index (κ2) is 7.68. The van der Waals surface area contributed by atoms with Crippen molar-refractivity contribution < 1.29 is 9.90 Å². The predicted molar refractivity (Wildman–Crippen MR) is 99.5 cm³/mol. The Morgan fingerprint density at radius 2 is 2.04 bits per heavy atom. The Balaban J connectivity index is 1.75. The first-order chi connectivity index (χ1) is 12.1. The van der Waals surface area contributed by atoms with E-state index in [-0.39, 0.29) is 18.7 Å². The van der Waals surface area contributed by atoms with Crippen LogP contribution in [0.2, 0.25) is 0 Å². The van der Waals surface area contributed by atoms with Gasteiger partial charge in [0.05, 0.1) is 12.6 Å². The van der Waals surface area contributed by atoms with Crippen molar-refractivity contribution in [2.24, 2.45) is 0 Å². The minimum absolute atomic E-state index is 0.0783. The molecule has 0 radical (unpaired) electrons. The molecule has 0 bridgehead atoms. The van der Waals surface area contributed by atoms with E-state index in [0.717, 1.165) is 29.8 Å². The summed E-state index contributed by atoms with van der Waals surface area (Å²) in [4.78, 5) is 16.6. The predicted octanol–water partition coefficient (Wildman–Crippen LogP) is 2.87. The number of nitrogens with zero attached hydrogens (tertiary/aromatic N) is 2. The van der Waals surface area contributed by atoms with Gasteiger partial charge in [-0.05, 0) is 49.3 Å². The maximum atomic E-state index is 12.8. The summed E-state index contributed by atoms with van der Waals surface area (Å²) in [5.41, 5.74) is 4.16. The molecule has 1 aliphatic rings. The molecule has 0 saturated carbocycles. The van der Waals surface area contributed by atoms with Gasteiger partial charge in [0.2, 0.25) is 0 Å². The SMILES string of the molecule is CN(C)Cc1cccc(NC(=O)N2CCc3ccccc3C2CO)c1. The third-order valence-corrected chi connectivity index (χ3v) is 4.52. The Hall–Kier alpha value is -2.37. The molecule has 25 heavy (non-hydrogen) atoms. The highest BCUT2D eigenvalue weighted by Crippen LogP contribution is 2.29. The number of urea groups is 1. The van der Waals surface area contributed by atoms with Gasteiger partial charge < -0.3 is 20.2 Å². The van der Waals surface area contributed by atoms with Gasteiger partial charge in [-0.15, -0.1) is 0 Å². The number of benzene rings is 2. The Kier molecular flexibility index (Phi) is 5.36. The number of rotatable bonds is 4. The molecule has 1 aliphatic heterocycles. The molecule has 2 aromatic carbocycles. The van der Waals surface area contributed by atoms with Crippen LogP contribution in [0.25, 0.3) is 0 Å². The van der Waals surface area contributed by atoms with Gasteiger partial charge in [0.25, 0.3) is 0 Å². The van der Waals surface area contributed by atoms with Gasteiger partial charge in [-0.3, -0.25) is 0 Å². The van der Waals surface area contributed by atoms with Crippen molar-refractivity contribution in [2.45, 2.75) is 19.0 Å². The number of nitrogens with one attached hydrogen (secondary N) is 1. The van der Waals surface area contributed by atoms with Gasteiger partial charge >= 0.3 is 6.03 Å². The summed E-state index contributed by atoms with van der Waals surface area (Å²) in [6.07, 6.45) is 0.806. The van der Waals surface area contributed by atoms with Crippen LogP contribution < -0.4 is 5.32 Å². The second-order valence-electron chi connectivity index (χ2n) is 6.71. The summed E-state index contributed by atoms with van der Waals surface area (Å²) in [6, 6.07) is 15.4.